The van der Waals surface area contributed by atoms with Gasteiger partial charge < -0.3 is 5.73 Å². The molecular weight excluding hydrogens is 340 g/mol. The predicted octanol–water partition coefficient (Wildman–Crippen LogP) is 2.56. The molecule has 0 unspecified atom stereocenters. The van der Waals surface area contributed by atoms with Crippen LogP contribution in [0.1, 0.15) is 24.5 Å². The van der Waals surface area contributed by atoms with Gasteiger partial charge in [-0.3, -0.25) is 0 Å². The molecule has 2 rings (SSSR count). The number of hydrogen-bond acceptors (Lipinski definition) is 3. The Morgan fingerprint density at radius 2 is 2.05 bits per heavy atom. The van der Waals surface area contributed by atoms with Crippen LogP contribution in [0.25, 0.3) is 0 Å². The van der Waals surface area contributed by atoms with Gasteiger partial charge in [0.25, 0.3) is 0 Å². The first-order valence-corrected chi connectivity index (χ1v) is 8.74. The van der Waals surface area contributed by atoms with E-state index in [1.807, 2.05) is 26.0 Å². The highest BCUT2D eigenvalue weighted by Crippen LogP contribution is 2.30. The molecule has 0 saturated carbocycles. The molecule has 0 bridgehead atoms. The smallest absolute Gasteiger partial charge is 0.244 e. The molecule has 0 saturated heterocycles. The third-order valence-corrected chi connectivity index (χ3v) is 6.74. The van der Waals surface area contributed by atoms with Crippen molar-refractivity contribution in [3.63, 3.8) is 0 Å². The average Bonchev–Trinajstić information content (AvgIpc) is 2.42. The first kappa shape index (κ1) is 15.7. The van der Waals surface area contributed by atoms with Crippen molar-refractivity contribution in [1.82, 2.24) is 4.31 Å². The molecule has 0 amide bonds. The molecule has 20 heavy (non-hydrogen) atoms. The summed E-state index contributed by atoms with van der Waals surface area (Å²) in [4.78, 5) is 0.311. The quantitative estimate of drug-likeness (QED) is 0.844. The van der Waals surface area contributed by atoms with E-state index in [1.54, 1.807) is 6.07 Å². The number of aryl methyl sites for hydroxylation is 1. The van der Waals surface area contributed by atoms with E-state index < -0.39 is 10.0 Å². The van der Waals surface area contributed by atoms with Crippen LogP contribution in [0.3, 0.4) is 0 Å². The molecule has 0 spiro atoms. The van der Waals surface area contributed by atoms with Crippen molar-refractivity contribution >= 4 is 26.0 Å². The summed E-state index contributed by atoms with van der Waals surface area (Å²) in [5.74, 6) is 0. The van der Waals surface area contributed by atoms with Gasteiger partial charge in [-0.25, -0.2) is 8.42 Å². The Kier molecular flexibility index (Phi) is 4.69. The Labute approximate surface area is 128 Å². The first-order chi connectivity index (χ1) is 9.36. The fourth-order valence-corrected chi connectivity index (χ4v) is 4.64. The van der Waals surface area contributed by atoms with E-state index in [0.29, 0.717) is 29.0 Å². The predicted molar refractivity (Wildman–Crippen MR) is 83.9 cm³/mol. The molecule has 1 aromatic rings. The number of hydrogen-bond donors (Lipinski definition) is 1. The van der Waals surface area contributed by atoms with Gasteiger partial charge in [0.2, 0.25) is 10.0 Å². The summed E-state index contributed by atoms with van der Waals surface area (Å²) in [6, 6.07) is 3.57. The van der Waals surface area contributed by atoms with Gasteiger partial charge in [-0.2, -0.15) is 4.31 Å². The number of nitrogens with zero attached hydrogens (tertiary/aromatic N) is 1. The molecule has 1 aliphatic heterocycles. The number of halogens is 1. The van der Waals surface area contributed by atoms with Crippen LogP contribution in [0.4, 0.5) is 0 Å². The minimum Gasteiger partial charge on any atom is -0.326 e. The van der Waals surface area contributed by atoms with Crippen molar-refractivity contribution in [1.29, 1.82) is 0 Å². The molecule has 0 radical (unpaired) electrons. The van der Waals surface area contributed by atoms with Gasteiger partial charge in [0.05, 0.1) is 4.90 Å². The summed E-state index contributed by atoms with van der Waals surface area (Å²) in [7, 11) is -3.48. The van der Waals surface area contributed by atoms with E-state index in [-0.39, 0.29) is 0 Å². The molecule has 0 aliphatic carbocycles. The number of sulfonamides is 1. The molecule has 6 heteroatoms. The second-order valence-corrected chi connectivity index (χ2v) is 7.79. The zero-order chi connectivity index (χ0) is 14.9. The molecule has 1 aromatic carbocycles. The topological polar surface area (TPSA) is 63.4 Å². The van der Waals surface area contributed by atoms with Crippen LogP contribution in [-0.4, -0.2) is 25.8 Å². The summed E-state index contributed by atoms with van der Waals surface area (Å²) in [5, 5.41) is 0. The van der Waals surface area contributed by atoms with E-state index in [0.717, 1.165) is 17.5 Å². The Bertz CT molecular complexity index is 653. The lowest BCUT2D eigenvalue weighted by molar-refractivity contribution is 0.431. The SMILES string of the molecule is CC1=CCN(S(=O)(=O)c2cc(CN)cc(C)c2Br)CC1. The third-order valence-electron chi connectivity index (χ3n) is 3.53. The van der Waals surface area contributed by atoms with Crippen LogP contribution >= 0.6 is 15.9 Å². The van der Waals surface area contributed by atoms with Crippen LogP contribution in [-0.2, 0) is 16.6 Å². The molecule has 2 N–H and O–H groups in total. The van der Waals surface area contributed by atoms with Crippen molar-refractivity contribution in [2.24, 2.45) is 5.73 Å². The summed E-state index contributed by atoms with van der Waals surface area (Å²) < 4.78 is 27.7. The van der Waals surface area contributed by atoms with E-state index in [2.05, 4.69) is 15.9 Å². The van der Waals surface area contributed by atoms with Crippen molar-refractivity contribution < 1.29 is 8.42 Å². The maximum absolute atomic E-state index is 12.8. The minimum atomic E-state index is -3.48. The molecule has 0 atom stereocenters. The van der Waals surface area contributed by atoms with Gasteiger partial charge in [-0.15, -0.1) is 0 Å². The van der Waals surface area contributed by atoms with Crippen LogP contribution in [0.5, 0.6) is 0 Å². The summed E-state index contributed by atoms with van der Waals surface area (Å²) in [6.07, 6.45) is 2.75. The standard InChI is InChI=1S/C14H19BrN2O2S/c1-10-3-5-17(6-4-10)20(18,19)13-8-12(9-16)7-11(2)14(13)15/h3,7-8H,4-6,9,16H2,1-2H3. The minimum absolute atomic E-state index is 0.311. The van der Waals surface area contributed by atoms with Gasteiger partial charge in [-0.1, -0.05) is 17.7 Å². The van der Waals surface area contributed by atoms with Gasteiger partial charge in [0.15, 0.2) is 0 Å². The molecule has 4 nitrogen and oxygen atoms in total. The highest BCUT2D eigenvalue weighted by molar-refractivity contribution is 9.10. The van der Waals surface area contributed by atoms with Gasteiger partial charge in [0, 0.05) is 24.1 Å². The van der Waals surface area contributed by atoms with Crippen LogP contribution in [0.15, 0.2) is 33.2 Å². The average molecular weight is 359 g/mol. The monoisotopic (exact) mass is 358 g/mol. The van der Waals surface area contributed by atoms with Crippen molar-refractivity contribution in [3.05, 3.63) is 39.4 Å². The van der Waals surface area contributed by atoms with E-state index in [4.69, 9.17) is 5.73 Å². The third kappa shape index (κ3) is 2.98. The number of nitrogens with two attached hydrogens (primary N) is 1. The Morgan fingerprint density at radius 3 is 2.60 bits per heavy atom. The van der Waals surface area contributed by atoms with Gasteiger partial charge in [0.1, 0.15) is 0 Å². The Balaban J connectivity index is 2.47. The second-order valence-electron chi connectivity index (χ2n) is 5.09. The largest absolute Gasteiger partial charge is 0.326 e. The van der Waals surface area contributed by atoms with Gasteiger partial charge in [-0.05, 0) is 53.4 Å². The maximum atomic E-state index is 12.8. The zero-order valence-electron chi connectivity index (χ0n) is 11.7. The summed E-state index contributed by atoms with van der Waals surface area (Å²) in [6.45, 7) is 5.20. The normalized spacial score (nSPS) is 17.1. The summed E-state index contributed by atoms with van der Waals surface area (Å²) >= 11 is 3.40. The molecule has 1 heterocycles. The van der Waals surface area contributed by atoms with Crippen LogP contribution in [0.2, 0.25) is 0 Å². The molecule has 1 aliphatic rings. The van der Waals surface area contributed by atoms with Crippen molar-refractivity contribution in [3.8, 4) is 0 Å². The molecule has 0 fully saturated rings. The molecule has 0 aromatic heterocycles. The van der Waals surface area contributed by atoms with E-state index >= 15 is 0 Å². The van der Waals surface area contributed by atoms with Gasteiger partial charge >= 0.3 is 0 Å². The highest BCUT2D eigenvalue weighted by atomic mass is 79.9. The lowest BCUT2D eigenvalue weighted by atomic mass is 10.1. The molecular formula is C14H19BrN2O2S. The van der Waals surface area contributed by atoms with E-state index in [1.165, 1.54) is 9.88 Å². The highest BCUT2D eigenvalue weighted by Gasteiger charge is 2.28. The lowest BCUT2D eigenvalue weighted by Crippen LogP contribution is -2.35. The second kappa shape index (κ2) is 5.97. The fourth-order valence-electron chi connectivity index (χ4n) is 2.22. The zero-order valence-corrected chi connectivity index (χ0v) is 14.1. The fraction of sp³-hybridized carbons (Fsp3) is 0.429. The van der Waals surface area contributed by atoms with E-state index in [9.17, 15) is 8.42 Å². The number of rotatable bonds is 3. The van der Waals surface area contributed by atoms with Crippen molar-refractivity contribution in [2.45, 2.75) is 31.7 Å². The lowest BCUT2D eigenvalue weighted by Gasteiger charge is -2.25. The van der Waals surface area contributed by atoms with Crippen LogP contribution in [0, 0.1) is 6.92 Å². The Morgan fingerprint density at radius 1 is 1.35 bits per heavy atom. The first-order valence-electron chi connectivity index (χ1n) is 6.51. The Hall–Kier alpha value is -0.690. The van der Waals surface area contributed by atoms with Crippen LogP contribution < -0.4 is 5.73 Å². The maximum Gasteiger partial charge on any atom is 0.244 e. The number of benzene rings is 1. The van der Waals surface area contributed by atoms with Crippen molar-refractivity contribution in [2.75, 3.05) is 13.1 Å². The molecule has 110 valence electrons. The summed E-state index contributed by atoms with van der Waals surface area (Å²) in [5.41, 5.74) is 8.59.